The highest BCUT2D eigenvalue weighted by Gasteiger charge is 2.13. The first-order valence-electron chi connectivity index (χ1n) is 8.45. The summed E-state index contributed by atoms with van der Waals surface area (Å²) in [4.78, 5) is 31.8. The van der Waals surface area contributed by atoms with E-state index in [1.165, 1.54) is 16.7 Å². The number of nitrogens with one attached hydrogen (secondary N) is 1. The van der Waals surface area contributed by atoms with E-state index in [9.17, 15) is 9.59 Å². The van der Waals surface area contributed by atoms with Crippen LogP contribution in [0.1, 0.15) is 27.0 Å². The molecule has 0 unspecified atom stereocenters. The standard InChI is InChI=1S/C20H26N4O2/c1-13-9-14(2)19(15(3)10-13)22-18(25)12-24(6)17-8-7-16(11-21-17)20(26)23(4)5/h7-11H,12H2,1-6H3,(H,22,25). The quantitative estimate of drug-likeness (QED) is 0.897. The Hall–Kier alpha value is -2.89. The molecule has 6 nitrogen and oxygen atoms in total. The number of carbonyl (C=O) groups excluding carboxylic acids is 2. The van der Waals surface area contributed by atoms with E-state index in [1.807, 2.05) is 32.9 Å². The molecule has 0 saturated carbocycles. The van der Waals surface area contributed by atoms with Crippen molar-refractivity contribution in [2.45, 2.75) is 20.8 Å². The van der Waals surface area contributed by atoms with Gasteiger partial charge in [0.05, 0.1) is 12.1 Å². The first-order valence-corrected chi connectivity index (χ1v) is 8.45. The highest BCUT2D eigenvalue weighted by molar-refractivity contribution is 5.96. The van der Waals surface area contributed by atoms with Crippen LogP contribution in [0.5, 0.6) is 0 Å². The summed E-state index contributed by atoms with van der Waals surface area (Å²) >= 11 is 0. The average Bonchev–Trinajstić information content (AvgIpc) is 2.57. The fraction of sp³-hybridized carbons (Fsp3) is 0.350. The second-order valence-electron chi connectivity index (χ2n) is 6.78. The lowest BCUT2D eigenvalue weighted by molar-refractivity contribution is -0.114. The minimum absolute atomic E-state index is 0.102. The lowest BCUT2D eigenvalue weighted by Gasteiger charge is -2.19. The summed E-state index contributed by atoms with van der Waals surface area (Å²) in [6, 6.07) is 7.56. The van der Waals surface area contributed by atoms with Gasteiger partial charge >= 0.3 is 0 Å². The number of likely N-dealkylation sites (N-methyl/N-ethyl adjacent to an activating group) is 1. The Bertz CT molecular complexity index is 790. The van der Waals surface area contributed by atoms with Crippen molar-refractivity contribution in [3.8, 4) is 0 Å². The van der Waals surface area contributed by atoms with E-state index in [1.54, 1.807) is 38.2 Å². The maximum atomic E-state index is 12.4. The van der Waals surface area contributed by atoms with Crippen LogP contribution in [-0.4, -0.2) is 49.4 Å². The summed E-state index contributed by atoms with van der Waals surface area (Å²) in [6.45, 7) is 6.18. The highest BCUT2D eigenvalue weighted by atomic mass is 16.2. The first kappa shape index (κ1) is 19.4. The van der Waals surface area contributed by atoms with Crippen molar-refractivity contribution in [2.24, 2.45) is 0 Å². The largest absolute Gasteiger partial charge is 0.350 e. The second kappa shape index (κ2) is 7.99. The van der Waals surface area contributed by atoms with Crippen LogP contribution in [0, 0.1) is 20.8 Å². The van der Waals surface area contributed by atoms with Crippen LogP contribution in [-0.2, 0) is 4.79 Å². The Morgan fingerprint density at radius 1 is 1.04 bits per heavy atom. The van der Waals surface area contributed by atoms with Crippen molar-refractivity contribution in [3.05, 3.63) is 52.7 Å². The molecule has 1 N–H and O–H groups in total. The van der Waals surface area contributed by atoms with Crippen LogP contribution in [0.4, 0.5) is 11.5 Å². The van der Waals surface area contributed by atoms with Crippen LogP contribution in [0.2, 0.25) is 0 Å². The predicted molar refractivity (Wildman–Crippen MR) is 105 cm³/mol. The second-order valence-corrected chi connectivity index (χ2v) is 6.78. The number of nitrogens with zero attached hydrogens (tertiary/aromatic N) is 3. The topological polar surface area (TPSA) is 65.5 Å². The van der Waals surface area contributed by atoms with E-state index < -0.39 is 0 Å². The van der Waals surface area contributed by atoms with Gasteiger partial charge in [-0.2, -0.15) is 0 Å². The van der Waals surface area contributed by atoms with Crippen LogP contribution < -0.4 is 10.2 Å². The van der Waals surface area contributed by atoms with Crippen LogP contribution in [0.25, 0.3) is 0 Å². The summed E-state index contributed by atoms with van der Waals surface area (Å²) in [7, 11) is 5.19. The molecule has 0 saturated heterocycles. The van der Waals surface area contributed by atoms with E-state index in [2.05, 4.69) is 10.3 Å². The average molecular weight is 354 g/mol. The fourth-order valence-corrected chi connectivity index (χ4v) is 2.85. The van der Waals surface area contributed by atoms with Gasteiger partial charge in [-0.1, -0.05) is 17.7 Å². The number of hydrogen-bond acceptors (Lipinski definition) is 4. The smallest absolute Gasteiger partial charge is 0.254 e. The molecule has 2 aromatic rings. The van der Waals surface area contributed by atoms with Crippen LogP contribution in [0.3, 0.4) is 0 Å². The monoisotopic (exact) mass is 354 g/mol. The Morgan fingerprint density at radius 3 is 2.15 bits per heavy atom. The number of carbonyl (C=O) groups is 2. The molecule has 2 rings (SSSR count). The summed E-state index contributed by atoms with van der Waals surface area (Å²) in [6.07, 6.45) is 1.53. The molecule has 6 heteroatoms. The third kappa shape index (κ3) is 4.59. The van der Waals surface area contributed by atoms with Gasteiger partial charge in [-0.05, 0) is 44.0 Å². The molecule has 0 spiro atoms. The van der Waals surface area contributed by atoms with Gasteiger partial charge in [-0.25, -0.2) is 4.98 Å². The van der Waals surface area contributed by atoms with Crippen molar-refractivity contribution in [2.75, 3.05) is 37.9 Å². The number of pyridine rings is 1. The van der Waals surface area contributed by atoms with Gasteiger partial charge in [-0.15, -0.1) is 0 Å². The van der Waals surface area contributed by atoms with Crippen molar-refractivity contribution < 1.29 is 9.59 Å². The molecule has 0 fully saturated rings. The van der Waals surface area contributed by atoms with Gasteiger partial charge in [0.25, 0.3) is 5.91 Å². The molecule has 138 valence electrons. The zero-order chi connectivity index (χ0) is 19.4. The predicted octanol–water partition coefficient (Wildman–Crippen LogP) is 2.78. The van der Waals surface area contributed by atoms with Gasteiger partial charge < -0.3 is 15.1 Å². The van der Waals surface area contributed by atoms with Crippen molar-refractivity contribution in [1.29, 1.82) is 0 Å². The van der Waals surface area contributed by atoms with Crippen molar-refractivity contribution >= 4 is 23.3 Å². The lowest BCUT2D eigenvalue weighted by Crippen LogP contribution is -2.31. The maximum absolute atomic E-state index is 12.4. The van der Waals surface area contributed by atoms with Crippen LogP contribution in [0.15, 0.2) is 30.5 Å². The summed E-state index contributed by atoms with van der Waals surface area (Å²) < 4.78 is 0. The normalized spacial score (nSPS) is 10.4. The Labute approximate surface area is 154 Å². The molecule has 1 aromatic heterocycles. The molecule has 0 aliphatic carbocycles. The lowest BCUT2D eigenvalue weighted by atomic mass is 10.1. The van der Waals surface area contributed by atoms with Gasteiger partial charge in [0, 0.05) is 33.0 Å². The number of amides is 2. The molecule has 1 aromatic carbocycles. The molecule has 0 aliphatic rings. The Morgan fingerprint density at radius 2 is 1.65 bits per heavy atom. The third-order valence-electron chi connectivity index (χ3n) is 4.11. The minimum Gasteiger partial charge on any atom is -0.350 e. The zero-order valence-electron chi connectivity index (χ0n) is 16.3. The molecule has 1 heterocycles. The molecule has 0 atom stereocenters. The van der Waals surface area contributed by atoms with E-state index in [-0.39, 0.29) is 18.4 Å². The summed E-state index contributed by atoms with van der Waals surface area (Å²) in [5, 5.41) is 2.98. The molecule has 2 amide bonds. The van der Waals surface area contributed by atoms with Crippen LogP contribution >= 0.6 is 0 Å². The number of anilines is 2. The molecular weight excluding hydrogens is 328 g/mol. The van der Waals surface area contributed by atoms with Gasteiger partial charge in [0.2, 0.25) is 5.91 Å². The number of aromatic nitrogens is 1. The Balaban J connectivity index is 2.04. The molecule has 0 radical (unpaired) electrons. The van der Waals surface area contributed by atoms with Crippen molar-refractivity contribution in [1.82, 2.24) is 9.88 Å². The Kier molecular flexibility index (Phi) is 5.97. The van der Waals surface area contributed by atoms with Crippen molar-refractivity contribution in [3.63, 3.8) is 0 Å². The highest BCUT2D eigenvalue weighted by Crippen LogP contribution is 2.22. The molecular formula is C20H26N4O2. The molecule has 0 aliphatic heterocycles. The van der Waals surface area contributed by atoms with Gasteiger partial charge in [-0.3, -0.25) is 9.59 Å². The minimum atomic E-state index is -0.113. The third-order valence-corrected chi connectivity index (χ3v) is 4.11. The van der Waals surface area contributed by atoms with Gasteiger partial charge in [0.1, 0.15) is 5.82 Å². The SMILES string of the molecule is Cc1cc(C)c(NC(=O)CN(C)c2ccc(C(=O)N(C)C)cn2)c(C)c1. The van der Waals surface area contributed by atoms with E-state index in [0.29, 0.717) is 11.4 Å². The molecule has 26 heavy (non-hydrogen) atoms. The van der Waals surface area contributed by atoms with E-state index in [0.717, 1.165) is 16.8 Å². The number of hydrogen-bond donors (Lipinski definition) is 1. The zero-order valence-corrected chi connectivity index (χ0v) is 16.3. The summed E-state index contributed by atoms with van der Waals surface area (Å²) in [5.41, 5.74) is 4.63. The summed E-state index contributed by atoms with van der Waals surface area (Å²) in [5.74, 6) is 0.417. The maximum Gasteiger partial charge on any atom is 0.254 e. The number of benzene rings is 1. The van der Waals surface area contributed by atoms with Gasteiger partial charge in [0.15, 0.2) is 0 Å². The van der Waals surface area contributed by atoms with E-state index in [4.69, 9.17) is 0 Å². The molecule has 0 bridgehead atoms. The number of rotatable bonds is 5. The number of aryl methyl sites for hydroxylation is 3. The first-order chi connectivity index (χ1) is 12.2. The van der Waals surface area contributed by atoms with E-state index >= 15 is 0 Å². The fourth-order valence-electron chi connectivity index (χ4n) is 2.85.